The van der Waals surface area contributed by atoms with Crippen LogP contribution in [-0.4, -0.2) is 13.1 Å². The van der Waals surface area contributed by atoms with Gasteiger partial charge in [0, 0.05) is 10.9 Å². The molecule has 1 aromatic heterocycles. The van der Waals surface area contributed by atoms with Gasteiger partial charge in [-0.25, -0.2) is 4.98 Å². The molecule has 186 valence electrons. The molecule has 0 aliphatic heterocycles. The van der Waals surface area contributed by atoms with E-state index in [0.717, 1.165) is 11.2 Å². The molecule has 0 unspecified atom stereocenters. The summed E-state index contributed by atoms with van der Waals surface area (Å²) in [4.78, 5) is 5.29. The van der Waals surface area contributed by atoms with Gasteiger partial charge in [0.05, 0.1) is 19.3 Å². The van der Waals surface area contributed by atoms with Gasteiger partial charge in [-0.05, 0) is 95.5 Å². The van der Waals surface area contributed by atoms with E-state index in [1.807, 2.05) is 0 Å². The standard InChI is InChI=1S/C35H37NSi/c1-23-18-24(2)35-32(25-10-6-7-11-25)22-33(36-34(35)19-23)28-20-27-12-8-9-13-30(27)31(21-28)26-14-16-29(17-15-26)37(3,4)5/h8-9,12-22,25H,6-7,10-11H2,1-5H3. The molecule has 0 bridgehead atoms. The van der Waals surface area contributed by atoms with Gasteiger partial charge in [0.1, 0.15) is 0 Å². The highest BCUT2D eigenvalue weighted by Gasteiger charge is 2.22. The Morgan fingerprint density at radius 3 is 2.22 bits per heavy atom. The number of benzene rings is 4. The summed E-state index contributed by atoms with van der Waals surface area (Å²) < 4.78 is 0. The maximum absolute atomic E-state index is 5.29. The second kappa shape index (κ2) is 9.26. The second-order valence-corrected chi connectivity index (χ2v) is 17.2. The van der Waals surface area contributed by atoms with Gasteiger partial charge in [0.15, 0.2) is 0 Å². The molecular weight excluding hydrogens is 462 g/mol. The predicted octanol–water partition coefficient (Wildman–Crippen LogP) is 9.54. The lowest BCUT2D eigenvalue weighted by Gasteiger charge is -2.19. The summed E-state index contributed by atoms with van der Waals surface area (Å²) in [5, 5.41) is 5.45. The Balaban J connectivity index is 1.57. The van der Waals surface area contributed by atoms with Crippen molar-refractivity contribution in [3.05, 3.63) is 95.6 Å². The fourth-order valence-corrected chi connectivity index (χ4v) is 7.51. The van der Waals surface area contributed by atoms with Crippen molar-refractivity contribution in [2.24, 2.45) is 0 Å². The minimum absolute atomic E-state index is 0.639. The van der Waals surface area contributed by atoms with E-state index in [0.29, 0.717) is 5.92 Å². The van der Waals surface area contributed by atoms with Crippen LogP contribution in [0.5, 0.6) is 0 Å². The van der Waals surface area contributed by atoms with Crippen LogP contribution in [0.25, 0.3) is 44.1 Å². The first-order valence-electron chi connectivity index (χ1n) is 13.8. The number of aryl methyl sites for hydroxylation is 2. The van der Waals surface area contributed by atoms with E-state index in [-0.39, 0.29) is 0 Å². The summed E-state index contributed by atoms with van der Waals surface area (Å²) in [5.74, 6) is 0.639. The smallest absolute Gasteiger partial charge is 0.0775 e. The largest absolute Gasteiger partial charge is 0.248 e. The highest BCUT2D eigenvalue weighted by atomic mass is 28.3. The monoisotopic (exact) mass is 499 g/mol. The lowest BCUT2D eigenvalue weighted by atomic mass is 9.89. The Kier molecular flexibility index (Phi) is 6.04. The summed E-state index contributed by atoms with van der Waals surface area (Å²) in [5.41, 5.74) is 10.2. The third kappa shape index (κ3) is 4.53. The first-order valence-corrected chi connectivity index (χ1v) is 17.3. The molecule has 1 heterocycles. The molecule has 0 spiro atoms. The van der Waals surface area contributed by atoms with Crippen LogP contribution >= 0.6 is 0 Å². The van der Waals surface area contributed by atoms with E-state index >= 15 is 0 Å². The fraction of sp³-hybridized carbons (Fsp3) is 0.286. The van der Waals surface area contributed by atoms with Gasteiger partial charge in [-0.2, -0.15) is 0 Å². The lowest BCUT2D eigenvalue weighted by Crippen LogP contribution is -2.37. The molecule has 0 N–H and O–H groups in total. The molecule has 1 aliphatic carbocycles. The van der Waals surface area contributed by atoms with Crippen molar-refractivity contribution in [3.8, 4) is 22.4 Å². The quantitative estimate of drug-likeness (QED) is 0.224. The molecule has 0 amide bonds. The Morgan fingerprint density at radius 1 is 0.757 bits per heavy atom. The molecule has 37 heavy (non-hydrogen) atoms. The summed E-state index contributed by atoms with van der Waals surface area (Å²) in [7, 11) is -1.34. The zero-order valence-corrected chi connectivity index (χ0v) is 23.9. The van der Waals surface area contributed by atoms with Gasteiger partial charge in [0.25, 0.3) is 0 Å². The first-order chi connectivity index (χ1) is 17.8. The Hall–Kier alpha value is -3.23. The normalized spacial score (nSPS) is 14.6. The lowest BCUT2D eigenvalue weighted by molar-refractivity contribution is 0.728. The average molecular weight is 500 g/mol. The van der Waals surface area contributed by atoms with Crippen molar-refractivity contribution >= 4 is 34.9 Å². The fourth-order valence-electron chi connectivity index (χ4n) is 6.34. The SMILES string of the molecule is Cc1cc(C)c2c(C3CCCC3)cc(-c3cc(-c4ccc([Si](C)(C)C)cc4)c4ccccc4c3)nc2c1. The van der Waals surface area contributed by atoms with Crippen LogP contribution in [0.15, 0.2) is 78.9 Å². The number of nitrogens with zero attached hydrogens (tertiary/aromatic N) is 1. The average Bonchev–Trinajstić information content (AvgIpc) is 3.42. The van der Waals surface area contributed by atoms with E-state index in [4.69, 9.17) is 4.98 Å². The first kappa shape index (κ1) is 24.1. The molecule has 4 aromatic carbocycles. The molecule has 2 heteroatoms. The van der Waals surface area contributed by atoms with Crippen molar-refractivity contribution in [2.75, 3.05) is 0 Å². The second-order valence-electron chi connectivity index (χ2n) is 12.1. The van der Waals surface area contributed by atoms with E-state index in [1.54, 1.807) is 0 Å². The molecule has 1 saturated carbocycles. The molecule has 0 radical (unpaired) electrons. The predicted molar refractivity (Wildman–Crippen MR) is 164 cm³/mol. The topological polar surface area (TPSA) is 12.9 Å². The van der Waals surface area contributed by atoms with Crippen molar-refractivity contribution in [3.63, 3.8) is 0 Å². The van der Waals surface area contributed by atoms with Gasteiger partial charge in [-0.3, -0.25) is 0 Å². The number of fused-ring (bicyclic) bond motifs is 2. The molecule has 1 aliphatic rings. The van der Waals surface area contributed by atoms with Crippen LogP contribution in [0.1, 0.15) is 48.3 Å². The van der Waals surface area contributed by atoms with Crippen LogP contribution in [0.3, 0.4) is 0 Å². The molecule has 0 saturated heterocycles. The van der Waals surface area contributed by atoms with Crippen LogP contribution in [-0.2, 0) is 0 Å². The van der Waals surface area contributed by atoms with Gasteiger partial charge in [-0.15, -0.1) is 0 Å². The third-order valence-electron chi connectivity index (χ3n) is 8.30. The van der Waals surface area contributed by atoms with Crippen LogP contribution in [0.4, 0.5) is 0 Å². The Labute approximate surface area is 222 Å². The number of pyridine rings is 1. The van der Waals surface area contributed by atoms with Crippen LogP contribution < -0.4 is 5.19 Å². The number of rotatable bonds is 4. The molecule has 5 aromatic rings. The van der Waals surface area contributed by atoms with E-state index in [9.17, 15) is 0 Å². The number of aromatic nitrogens is 1. The summed E-state index contributed by atoms with van der Waals surface area (Å²) in [6, 6.07) is 29.9. The Bertz CT molecular complexity index is 1620. The highest BCUT2D eigenvalue weighted by molar-refractivity contribution is 6.88. The summed E-state index contributed by atoms with van der Waals surface area (Å²) >= 11 is 0. The molecule has 1 nitrogen and oxygen atoms in total. The zero-order chi connectivity index (χ0) is 25.7. The number of hydrogen-bond acceptors (Lipinski definition) is 1. The maximum atomic E-state index is 5.29. The third-order valence-corrected chi connectivity index (χ3v) is 10.4. The molecular formula is C35H37NSi. The summed E-state index contributed by atoms with van der Waals surface area (Å²) in [6.45, 7) is 11.7. The molecule has 0 atom stereocenters. The zero-order valence-electron chi connectivity index (χ0n) is 22.9. The number of hydrogen-bond donors (Lipinski definition) is 0. The molecule has 1 fully saturated rings. The molecule has 6 rings (SSSR count). The van der Waals surface area contributed by atoms with Crippen LogP contribution in [0.2, 0.25) is 19.6 Å². The van der Waals surface area contributed by atoms with E-state index in [2.05, 4.69) is 112 Å². The van der Waals surface area contributed by atoms with Gasteiger partial charge in [0.2, 0.25) is 0 Å². The van der Waals surface area contributed by atoms with E-state index in [1.165, 1.54) is 80.4 Å². The van der Waals surface area contributed by atoms with Gasteiger partial charge >= 0.3 is 0 Å². The minimum atomic E-state index is -1.34. The van der Waals surface area contributed by atoms with Gasteiger partial charge in [-0.1, -0.05) is 92.3 Å². The van der Waals surface area contributed by atoms with E-state index < -0.39 is 8.07 Å². The summed E-state index contributed by atoms with van der Waals surface area (Å²) in [6.07, 6.45) is 5.25. The van der Waals surface area contributed by atoms with Crippen molar-refractivity contribution < 1.29 is 0 Å². The minimum Gasteiger partial charge on any atom is -0.248 e. The van der Waals surface area contributed by atoms with Crippen LogP contribution in [0, 0.1) is 13.8 Å². The van der Waals surface area contributed by atoms with Crippen molar-refractivity contribution in [1.29, 1.82) is 0 Å². The van der Waals surface area contributed by atoms with Gasteiger partial charge < -0.3 is 0 Å². The van der Waals surface area contributed by atoms with Crippen molar-refractivity contribution in [1.82, 2.24) is 4.98 Å². The van der Waals surface area contributed by atoms with Crippen molar-refractivity contribution in [2.45, 2.75) is 65.1 Å². The Morgan fingerprint density at radius 2 is 1.49 bits per heavy atom. The highest BCUT2D eigenvalue weighted by Crippen LogP contribution is 2.41. The maximum Gasteiger partial charge on any atom is 0.0775 e.